The number of anilines is 3. The van der Waals surface area contributed by atoms with E-state index in [2.05, 4.69) is 129 Å². The van der Waals surface area contributed by atoms with E-state index < -0.39 is 0 Å². The molecule has 6 rings (SSSR count). The van der Waals surface area contributed by atoms with Crippen LogP contribution in [0.5, 0.6) is 0 Å². The first-order chi connectivity index (χ1) is 16.5. The first-order valence-corrected chi connectivity index (χ1v) is 13.6. The fraction of sp³-hybridized carbons (Fsp3) is 0.226. The molecule has 1 fully saturated rings. The lowest BCUT2D eigenvalue weighted by molar-refractivity contribution is 0.714. The normalized spacial score (nSPS) is 18.2. The van der Waals surface area contributed by atoms with Gasteiger partial charge in [-0.25, -0.2) is 0 Å². The Morgan fingerprint density at radius 1 is 0.647 bits per heavy atom. The number of benzene rings is 4. The highest BCUT2D eigenvalue weighted by molar-refractivity contribution is 9.10. The van der Waals surface area contributed by atoms with Gasteiger partial charge in [0.2, 0.25) is 0 Å². The van der Waals surface area contributed by atoms with Crippen LogP contribution in [0.1, 0.15) is 53.4 Å². The van der Waals surface area contributed by atoms with E-state index in [4.69, 9.17) is 0 Å². The van der Waals surface area contributed by atoms with Gasteiger partial charge in [-0.3, -0.25) is 0 Å². The highest BCUT2D eigenvalue weighted by Crippen LogP contribution is 2.55. The van der Waals surface area contributed by atoms with E-state index in [1.54, 1.807) is 11.1 Å². The van der Waals surface area contributed by atoms with Crippen molar-refractivity contribution in [3.05, 3.63) is 110 Å². The Morgan fingerprint density at radius 3 is 1.85 bits per heavy atom. The molecule has 0 radical (unpaired) electrons. The third-order valence-corrected chi connectivity index (χ3v) is 8.71. The quantitative estimate of drug-likeness (QED) is 0.235. The maximum Gasteiger partial charge on any atom is 0.0464 e. The molecule has 1 saturated carbocycles. The number of aryl methyl sites for hydroxylation is 2. The van der Waals surface area contributed by atoms with Crippen LogP contribution < -0.4 is 4.90 Å². The molecule has 2 aliphatic rings. The number of fused-ring (bicyclic) bond motifs is 5. The van der Waals surface area contributed by atoms with E-state index in [0.29, 0.717) is 0 Å². The maximum absolute atomic E-state index is 3.58. The molecule has 0 aliphatic heterocycles. The number of hydrogen-bond donors (Lipinski definition) is 0. The summed E-state index contributed by atoms with van der Waals surface area (Å²) in [7, 11) is 0. The fourth-order valence-electron chi connectivity index (χ4n) is 6.14. The molecule has 2 atom stereocenters. The van der Waals surface area contributed by atoms with E-state index >= 15 is 0 Å². The second kappa shape index (κ2) is 8.70. The summed E-state index contributed by atoms with van der Waals surface area (Å²) in [5, 5.41) is 0. The molecule has 0 aromatic heterocycles. The van der Waals surface area contributed by atoms with Gasteiger partial charge in [-0.05, 0) is 139 Å². The third kappa shape index (κ3) is 3.83. The predicted molar refractivity (Wildman–Crippen MR) is 151 cm³/mol. The van der Waals surface area contributed by atoms with Gasteiger partial charge in [0.15, 0.2) is 0 Å². The molecule has 3 heteroatoms. The lowest BCUT2D eigenvalue weighted by Crippen LogP contribution is -2.10. The van der Waals surface area contributed by atoms with Crippen molar-refractivity contribution in [1.82, 2.24) is 0 Å². The van der Waals surface area contributed by atoms with Crippen molar-refractivity contribution in [2.45, 2.75) is 44.9 Å². The van der Waals surface area contributed by atoms with Gasteiger partial charge in [-0.15, -0.1) is 0 Å². The molecule has 170 valence electrons. The standard InChI is InChI=1S/C31H27Br2N/c1-19-16-28(34(26-9-5-24(32)6-10-26)27-11-7-25(33)8-12-27)13-14-29(19)23-15-20(2)31-22-4-3-21(17-22)30(31)18-23/h5-16,18,21-22H,3-4,17H2,1-2H3. The number of hydrogen-bond acceptors (Lipinski definition) is 1. The van der Waals surface area contributed by atoms with E-state index in [1.807, 2.05) is 0 Å². The number of halogens is 2. The Kier molecular flexibility index (Phi) is 5.66. The molecule has 2 bridgehead atoms. The lowest BCUT2D eigenvalue weighted by atomic mass is 9.85. The minimum Gasteiger partial charge on any atom is -0.310 e. The molecule has 4 aromatic carbocycles. The average molecular weight is 573 g/mol. The van der Waals surface area contributed by atoms with Crippen LogP contribution in [0.4, 0.5) is 17.1 Å². The predicted octanol–water partition coefficient (Wildman–Crippen LogP) is 10.3. The summed E-state index contributed by atoms with van der Waals surface area (Å²) in [6, 6.07) is 28.9. The minimum atomic E-state index is 0.781. The summed E-state index contributed by atoms with van der Waals surface area (Å²) >= 11 is 7.16. The van der Waals surface area contributed by atoms with E-state index in [9.17, 15) is 0 Å². The van der Waals surface area contributed by atoms with Crippen molar-refractivity contribution in [2.75, 3.05) is 4.90 Å². The van der Waals surface area contributed by atoms with Gasteiger partial charge < -0.3 is 4.90 Å². The summed E-state index contributed by atoms with van der Waals surface area (Å²) in [4.78, 5) is 2.32. The van der Waals surface area contributed by atoms with Crippen LogP contribution in [0, 0.1) is 13.8 Å². The summed E-state index contributed by atoms with van der Waals surface area (Å²) in [5.41, 5.74) is 12.2. The zero-order valence-corrected chi connectivity index (χ0v) is 22.7. The molecule has 2 aliphatic carbocycles. The Hall–Kier alpha value is -2.36. The lowest BCUT2D eigenvalue weighted by Gasteiger charge is -2.26. The number of nitrogens with zero attached hydrogens (tertiary/aromatic N) is 1. The molecule has 0 heterocycles. The Balaban J connectivity index is 1.42. The van der Waals surface area contributed by atoms with Crippen molar-refractivity contribution in [3.8, 4) is 11.1 Å². The van der Waals surface area contributed by atoms with Crippen LogP contribution >= 0.6 is 31.9 Å². The van der Waals surface area contributed by atoms with E-state index in [1.165, 1.54) is 47.2 Å². The first-order valence-electron chi connectivity index (χ1n) is 12.0. The monoisotopic (exact) mass is 571 g/mol. The SMILES string of the molecule is Cc1cc(N(c2ccc(Br)cc2)c2ccc(Br)cc2)ccc1-c1cc(C)c2c(c1)C1CCC2C1. The van der Waals surface area contributed by atoms with E-state index in [-0.39, 0.29) is 0 Å². The summed E-state index contributed by atoms with van der Waals surface area (Å²) < 4.78 is 2.17. The zero-order valence-electron chi connectivity index (χ0n) is 19.5. The van der Waals surface area contributed by atoms with Gasteiger partial charge in [-0.1, -0.05) is 50.1 Å². The van der Waals surface area contributed by atoms with Gasteiger partial charge in [0.25, 0.3) is 0 Å². The molecule has 0 N–H and O–H groups in total. The fourth-order valence-corrected chi connectivity index (χ4v) is 6.67. The third-order valence-electron chi connectivity index (χ3n) is 7.65. The van der Waals surface area contributed by atoms with Crippen molar-refractivity contribution < 1.29 is 0 Å². The van der Waals surface area contributed by atoms with Crippen LogP contribution in [0.2, 0.25) is 0 Å². The Morgan fingerprint density at radius 2 is 1.24 bits per heavy atom. The molecule has 1 nitrogen and oxygen atoms in total. The highest BCUT2D eigenvalue weighted by atomic mass is 79.9. The molecule has 2 unspecified atom stereocenters. The smallest absolute Gasteiger partial charge is 0.0464 e. The van der Waals surface area contributed by atoms with Crippen LogP contribution in [-0.2, 0) is 0 Å². The molecule has 34 heavy (non-hydrogen) atoms. The van der Waals surface area contributed by atoms with Gasteiger partial charge in [0.05, 0.1) is 0 Å². The Labute approximate surface area is 219 Å². The van der Waals surface area contributed by atoms with E-state index in [0.717, 1.165) is 32.2 Å². The summed E-state index contributed by atoms with van der Waals surface area (Å²) in [6.07, 6.45) is 4.12. The van der Waals surface area contributed by atoms with Crippen LogP contribution in [0.25, 0.3) is 11.1 Å². The molecule has 0 amide bonds. The Bertz CT molecular complexity index is 1330. The maximum atomic E-state index is 3.58. The molecule has 0 spiro atoms. The molecule has 0 saturated heterocycles. The summed E-state index contributed by atoms with van der Waals surface area (Å²) in [6.45, 7) is 4.56. The average Bonchev–Trinajstić information content (AvgIpc) is 3.44. The second-order valence-electron chi connectivity index (χ2n) is 9.79. The zero-order chi connectivity index (χ0) is 23.4. The largest absolute Gasteiger partial charge is 0.310 e. The molecular weight excluding hydrogens is 546 g/mol. The first kappa shape index (κ1) is 22.1. The number of rotatable bonds is 4. The van der Waals surface area contributed by atoms with Gasteiger partial charge >= 0.3 is 0 Å². The van der Waals surface area contributed by atoms with Crippen molar-refractivity contribution in [1.29, 1.82) is 0 Å². The second-order valence-corrected chi connectivity index (χ2v) is 11.6. The summed E-state index contributed by atoms with van der Waals surface area (Å²) in [5.74, 6) is 1.59. The van der Waals surface area contributed by atoms with Crippen molar-refractivity contribution >= 4 is 48.9 Å². The van der Waals surface area contributed by atoms with Crippen LogP contribution in [-0.4, -0.2) is 0 Å². The minimum absolute atomic E-state index is 0.781. The van der Waals surface area contributed by atoms with Crippen molar-refractivity contribution in [2.24, 2.45) is 0 Å². The highest BCUT2D eigenvalue weighted by Gasteiger charge is 2.38. The van der Waals surface area contributed by atoms with Gasteiger partial charge in [0, 0.05) is 26.0 Å². The van der Waals surface area contributed by atoms with Crippen LogP contribution in [0.15, 0.2) is 87.8 Å². The van der Waals surface area contributed by atoms with Gasteiger partial charge in [-0.2, -0.15) is 0 Å². The molecular formula is C31H27Br2N. The van der Waals surface area contributed by atoms with Crippen molar-refractivity contribution in [3.63, 3.8) is 0 Å². The topological polar surface area (TPSA) is 3.24 Å². The van der Waals surface area contributed by atoms with Crippen LogP contribution in [0.3, 0.4) is 0 Å². The molecule has 4 aromatic rings. The van der Waals surface area contributed by atoms with Gasteiger partial charge in [0.1, 0.15) is 0 Å².